The highest BCUT2D eigenvalue weighted by Crippen LogP contribution is 2.18. The van der Waals surface area contributed by atoms with Crippen LogP contribution in [0.5, 0.6) is 0 Å². The number of carbonyl (C=O) groups excluding carboxylic acids is 1. The summed E-state index contributed by atoms with van der Waals surface area (Å²) in [6, 6.07) is 6.30. The number of esters is 1. The summed E-state index contributed by atoms with van der Waals surface area (Å²) in [5, 5.41) is 0. The number of rotatable bonds is 4. The average molecular weight is 321 g/mol. The molecule has 1 aromatic carbocycles. The summed E-state index contributed by atoms with van der Waals surface area (Å²) in [7, 11) is -2.21. The summed E-state index contributed by atoms with van der Waals surface area (Å²) in [4.78, 5) is 11.4. The fourth-order valence-electron chi connectivity index (χ4n) is 1.34. The Bertz CT molecular complexity index is 493. The molecule has 0 aromatic heterocycles. The first kappa shape index (κ1) is 14.2. The molecule has 0 amide bonds. The number of halogens is 1. The van der Waals surface area contributed by atoms with Gasteiger partial charge in [-0.3, -0.25) is 4.79 Å². The van der Waals surface area contributed by atoms with Gasteiger partial charge < -0.3 is 4.74 Å². The summed E-state index contributed by atoms with van der Waals surface area (Å²) in [6.07, 6.45) is 0. The second kappa shape index (κ2) is 5.64. The number of sulfone groups is 1. The van der Waals surface area contributed by atoms with Crippen molar-refractivity contribution in [3.63, 3.8) is 0 Å². The summed E-state index contributed by atoms with van der Waals surface area (Å²) >= 11 is 3.23. The Hall–Kier alpha value is -0.880. The maximum absolute atomic E-state index is 12.0. The second-order valence-corrected chi connectivity index (χ2v) is 6.61. The van der Waals surface area contributed by atoms with Crippen molar-refractivity contribution < 1.29 is 17.9 Å². The van der Waals surface area contributed by atoms with Crippen LogP contribution >= 0.6 is 15.9 Å². The molecule has 0 bridgehead atoms. The third-order valence-corrected chi connectivity index (χ3v) is 4.70. The molecule has 0 saturated heterocycles. The van der Waals surface area contributed by atoms with E-state index in [1.807, 2.05) is 0 Å². The maximum atomic E-state index is 12.0. The summed E-state index contributed by atoms with van der Waals surface area (Å²) < 4.78 is 29.2. The molecule has 4 nitrogen and oxygen atoms in total. The summed E-state index contributed by atoms with van der Waals surface area (Å²) in [6.45, 7) is 1.53. The number of benzene rings is 1. The number of hydrogen-bond acceptors (Lipinski definition) is 4. The van der Waals surface area contributed by atoms with Gasteiger partial charge in [0.05, 0.1) is 23.7 Å². The molecular formula is C11H13BrO4S. The third kappa shape index (κ3) is 3.81. The molecule has 1 aromatic rings. The molecule has 0 heterocycles. The minimum atomic E-state index is -3.45. The van der Waals surface area contributed by atoms with Crippen LogP contribution in [0, 0.1) is 5.92 Å². The Morgan fingerprint density at radius 1 is 1.35 bits per heavy atom. The fraction of sp³-hybridized carbons (Fsp3) is 0.364. The van der Waals surface area contributed by atoms with Crippen LogP contribution < -0.4 is 0 Å². The Kier molecular flexibility index (Phi) is 4.70. The lowest BCUT2D eigenvalue weighted by molar-refractivity contribution is -0.144. The quantitative estimate of drug-likeness (QED) is 0.796. The molecule has 1 atom stereocenters. The lowest BCUT2D eigenvalue weighted by atomic mass is 10.2. The van der Waals surface area contributed by atoms with E-state index in [9.17, 15) is 13.2 Å². The van der Waals surface area contributed by atoms with Gasteiger partial charge in [-0.05, 0) is 24.3 Å². The van der Waals surface area contributed by atoms with Crippen molar-refractivity contribution in [3.05, 3.63) is 28.7 Å². The van der Waals surface area contributed by atoms with Crippen LogP contribution in [0.3, 0.4) is 0 Å². The van der Waals surface area contributed by atoms with Gasteiger partial charge in [0, 0.05) is 4.47 Å². The van der Waals surface area contributed by atoms with E-state index in [0.29, 0.717) is 0 Å². The molecule has 17 heavy (non-hydrogen) atoms. The van der Waals surface area contributed by atoms with E-state index in [1.165, 1.54) is 26.2 Å². The first-order valence-electron chi connectivity index (χ1n) is 4.93. The van der Waals surface area contributed by atoms with Gasteiger partial charge in [0.15, 0.2) is 9.84 Å². The first-order valence-corrected chi connectivity index (χ1v) is 7.37. The zero-order chi connectivity index (χ0) is 13.1. The maximum Gasteiger partial charge on any atom is 0.309 e. The van der Waals surface area contributed by atoms with Gasteiger partial charge in [0.2, 0.25) is 0 Å². The number of ether oxygens (including phenoxy) is 1. The van der Waals surface area contributed by atoms with Gasteiger partial charge >= 0.3 is 5.97 Å². The van der Waals surface area contributed by atoms with Crippen molar-refractivity contribution in [3.8, 4) is 0 Å². The minimum Gasteiger partial charge on any atom is -0.469 e. The highest BCUT2D eigenvalue weighted by molar-refractivity contribution is 9.10. The molecule has 0 radical (unpaired) electrons. The van der Waals surface area contributed by atoms with Crippen LogP contribution in [0.15, 0.2) is 33.6 Å². The van der Waals surface area contributed by atoms with Crippen molar-refractivity contribution in [2.75, 3.05) is 12.9 Å². The second-order valence-electron chi connectivity index (χ2n) is 3.66. The highest BCUT2D eigenvalue weighted by Gasteiger charge is 2.23. The SMILES string of the molecule is COC(=O)C(C)CS(=O)(=O)c1ccc(Br)cc1. The molecule has 6 heteroatoms. The van der Waals surface area contributed by atoms with Crippen molar-refractivity contribution >= 4 is 31.7 Å². The zero-order valence-corrected chi connectivity index (χ0v) is 11.9. The molecule has 0 aliphatic rings. The molecule has 0 saturated carbocycles. The number of methoxy groups -OCH3 is 1. The van der Waals surface area contributed by atoms with E-state index in [-0.39, 0.29) is 10.6 Å². The summed E-state index contributed by atoms with van der Waals surface area (Å²) in [5.41, 5.74) is 0. The van der Waals surface area contributed by atoms with Gasteiger partial charge in [-0.1, -0.05) is 22.9 Å². The average Bonchev–Trinajstić information content (AvgIpc) is 2.27. The van der Waals surface area contributed by atoms with Crippen molar-refractivity contribution in [1.82, 2.24) is 0 Å². The molecule has 0 aliphatic heterocycles. The van der Waals surface area contributed by atoms with E-state index in [1.54, 1.807) is 12.1 Å². The van der Waals surface area contributed by atoms with Crippen LogP contribution in [0.4, 0.5) is 0 Å². The lowest BCUT2D eigenvalue weighted by Gasteiger charge is -2.09. The minimum absolute atomic E-state index is 0.205. The molecule has 94 valence electrons. The normalized spacial score (nSPS) is 13.1. The molecule has 0 fully saturated rings. The van der Waals surface area contributed by atoms with Gasteiger partial charge in [-0.15, -0.1) is 0 Å². The Balaban J connectivity index is 2.89. The number of carbonyl (C=O) groups is 1. The van der Waals surface area contributed by atoms with E-state index >= 15 is 0 Å². The topological polar surface area (TPSA) is 60.4 Å². The summed E-state index contributed by atoms with van der Waals surface area (Å²) in [5.74, 6) is -1.44. The Labute approximate surface area is 109 Å². The van der Waals surface area contributed by atoms with Crippen LogP contribution in [0.25, 0.3) is 0 Å². The smallest absolute Gasteiger partial charge is 0.309 e. The molecular weight excluding hydrogens is 308 g/mol. The van der Waals surface area contributed by atoms with E-state index < -0.39 is 21.7 Å². The molecule has 0 aliphatic carbocycles. The molecule has 1 unspecified atom stereocenters. The first-order chi connectivity index (χ1) is 7.86. The van der Waals surface area contributed by atoms with Crippen LogP contribution in [-0.4, -0.2) is 27.2 Å². The zero-order valence-electron chi connectivity index (χ0n) is 9.51. The van der Waals surface area contributed by atoms with E-state index in [2.05, 4.69) is 20.7 Å². The van der Waals surface area contributed by atoms with Crippen molar-refractivity contribution in [1.29, 1.82) is 0 Å². The van der Waals surface area contributed by atoms with Crippen molar-refractivity contribution in [2.24, 2.45) is 5.92 Å². The largest absolute Gasteiger partial charge is 0.469 e. The van der Waals surface area contributed by atoms with Gasteiger partial charge in [-0.2, -0.15) is 0 Å². The standard InChI is InChI=1S/C11H13BrO4S/c1-8(11(13)16-2)7-17(14,15)10-5-3-9(12)4-6-10/h3-6,8H,7H2,1-2H3. The Morgan fingerprint density at radius 2 is 1.88 bits per heavy atom. The van der Waals surface area contributed by atoms with Gasteiger partial charge in [0.25, 0.3) is 0 Å². The number of hydrogen-bond donors (Lipinski definition) is 0. The lowest BCUT2D eigenvalue weighted by Crippen LogP contribution is -2.22. The molecule has 0 N–H and O–H groups in total. The van der Waals surface area contributed by atoms with Crippen LogP contribution in [-0.2, 0) is 19.4 Å². The molecule has 1 rings (SSSR count). The highest BCUT2D eigenvalue weighted by atomic mass is 79.9. The van der Waals surface area contributed by atoms with Gasteiger partial charge in [0.1, 0.15) is 0 Å². The molecule has 0 spiro atoms. The Morgan fingerprint density at radius 3 is 2.35 bits per heavy atom. The van der Waals surface area contributed by atoms with Crippen LogP contribution in [0.2, 0.25) is 0 Å². The van der Waals surface area contributed by atoms with E-state index in [0.717, 1.165) is 4.47 Å². The fourth-order valence-corrected chi connectivity index (χ4v) is 3.14. The van der Waals surface area contributed by atoms with Gasteiger partial charge in [-0.25, -0.2) is 8.42 Å². The monoisotopic (exact) mass is 320 g/mol. The van der Waals surface area contributed by atoms with Crippen molar-refractivity contribution in [2.45, 2.75) is 11.8 Å². The predicted octanol–water partition coefficient (Wildman–Crippen LogP) is 2.03. The van der Waals surface area contributed by atoms with Crippen LogP contribution in [0.1, 0.15) is 6.92 Å². The third-order valence-electron chi connectivity index (χ3n) is 2.25. The van der Waals surface area contributed by atoms with E-state index in [4.69, 9.17) is 0 Å². The predicted molar refractivity (Wildman–Crippen MR) is 67.4 cm³/mol.